The molecule has 0 aromatic rings. The summed E-state index contributed by atoms with van der Waals surface area (Å²) in [6, 6.07) is 0. The largest absolute Gasteiger partial charge is 0.465 e. The van der Waals surface area contributed by atoms with Crippen LogP contribution in [0.2, 0.25) is 0 Å². The van der Waals surface area contributed by atoms with Crippen molar-refractivity contribution in [2.45, 2.75) is 47.2 Å². The Labute approximate surface area is 146 Å². The molecule has 0 saturated carbocycles. The van der Waals surface area contributed by atoms with Gasteiger partial charge in [-0.25, -0.2) is 14.0 Å². The monoisotopic (exact) mass is 366 g/mol. The van der Waals surface area contributed by atoms with E-state index in [1.165, 1.54) is 20.8 Å². The Hall–Kier alpha value is -2.19. The number of ether oxygens (including phenoxy) is 4. The van der Waals surface area contributed by atoms with Crippen molar-refractivity contribution in [3.63, 3.8) is 0 Å². The first-order valence-electron chi connectivity index (χ1n) is 7.96. The minimum Gasteiger partial charge on any atom is -0.465 e. The molecule has 0 rings (SSSR count). The highest BCUT2D eigenvalue weighted by atomic mass is 19.1. The topological polar surface area (TPSA) is 105 Å². The van der Waals surface area contributed by atoms with Gasteiger partial charge in [0, 0.05) is 0 Å². The van der Waals surface area contributed by atoms with Crippen LogP contribution in [0.3, 0.4) is 0 Å². The molecule has 0 aromatic carbocycles. The first-order chi connectivity index (χ1) is 11.6. The number of hydrogen-bond donors (Lipinski definition) is 0. The summed E-state index contributed by atoms with van der Waals surface area (Å²) in [5.74, 6) is -4.31. The quantitative estimate of drug-likeness (QED) is 0.362. The van der Waals surface area contributed by atoms with Crippen LogP contribution in [0.4, 0.5) is 4.39 Å². The summed E-state index contributed by atoms with van der Waals surface area (Å²) in [5.41, 5.74) is -2.70. The maximum atomic E-state index is 13.3. The maximum absolute atomic E-state index is 13.3. The number of carbonyl (C=O) groups is 4. The number of halogens is 1. The van der Waals surface area contributed by atoms with Crippen molar-refractivity contribution in [1.82, 2.24) is 0 Å². The first-order valence-corrected chi connectivity index (χ1v) is 7.96. The zero-order valence-corrected chi connectivity index (χ0v) is 15.5. The van der Waals surface area contributed by atoms with Crippen molar-refractivity contribution >= 4 is 23.9 Å². The van der Waals surface area contributed by atoms with Gasteiger partial charge in [0.1, 0.15) is 0 Å². The van der Waals surface area contributed by atoms with E-state index in [-0.39, 0.29) is 26.4 Å². The second kappa shape index (κ2) is 13.1. The lowest BCUT2D eigenvalue weighted by atomic mass is 10.1. The van der Waals surface area contributed by atoms with E-state index in [0.29, 0.717) is 0 Å². The Balaban J connectivity index is 0. The minimum atomic E-state index is -2.70. The molecule has 0 fully saturated rings. The number of hydrogen-bond acceptors (Lipinski definition) is 8. The van der Waals surface area contributed by atoms with Crippen molar-refractivity contribution in [3.8, 4) is 0 Å². The second-order valence-corrected chi connectivity index (χ2v) is 4.67. The van der Waals surface area contributed by atoms with E-state index in [1.54, 1.807) is 13.8 Å². The second-order valence-electron chi connectivity index (χ2n) is 4.67. The Morgan fingerprint density at radius 2 is 1.04 bits per heavy atom. The van der Waals surface area contributed by atoms with Crippen molar-refractivity contribution < 1.29 is 42.5 Å². The lowest BCUT2D eigenvalue weighted by molar-refractivity contribution is -0.172. The Morgan fingerprint density at radius 3 is 1.28 bits per heavy atom. The van der Waals surface area contributed by atoms with Gasteiger partial charge in [-0.2, -0.15) is 0 Å². The maximum Gasteiger partial charge on any atom is 0.355 e. The van der Waals surface area contributed by atoms with Gasteiger partial charge in [-0.3, -0.25) is 9.59 Å². The van der Waals surface area contributed by atoms with Crippen LogP contribution < -0.4 is 0 Å². The van der Waals surface area contributed by atoms with Crippen molar-refractivity contribution in [1.29, 1.82) is 0 Å². The zero-order chi connectivity index (χ0) is 20.0. The van der Waals surface area contributed by atoms with Gasteiger partial charge < -0.3 is 18.9 Å². The van der Waals surface area contributed by atoms with E-state index in [4.69, 9.17) is 0 Å². The van der Waals surface area contributed by atoms with Crippen LogP contribution in [0.5, 0.6) is 0 Å². The summed E-state index contributed by atoms with van der Waals surface area (Å²) >= 11 is 0. The Kier molecular flexibility index (Phi) is 13.2. The lowest BCUT2D eigenvalue weighted by Crippen LogP contribution is -2.42. The summed E-state index contributed by atoms with van der Waals surface area (Å²) in [7, 11) is 0. The Morgan fingerprint density at radius 1 is 0.760 bits per heavy atom. The summed E-state index contributed by atoms with van der Waals surface area (Å²) < 4.78 is 31.3. The van der Waals surface area contributed by atoms with Crippen LogP contribution in [0, 0.1) is 5.92 Å². The molecule has 0 aliphatic rings. The summed E-state index contributed by atoms with van der Waals surface area (Å²) in [5, 5.41) is 0. The van der Waals surface area contributed by atoms with Gasteiger partial charge in [0.25, 0.3) is 5.67 Å². The van der Waals surface area contributed by atoms with Crippen LogP contribution in [0.1, 0.15) is 41.5 Å². The molecule has 0 spiro atoms. The van der Waals surface area contributed by atoms with Gasteiger partial charge in [-0.15, -0.1) is 0 Å². The molecule has 25 heavy (non-hydrogen) atoms. The zero-order valence-electron chi connectivity index (χ0n) is 15.5. The van der Waals surface area contributed by atoms with Crippen LogP contribution in [0.15, 0.2) is 0 Å². The fourth-order valence-corrected chi connectivity index (χ4v) is 1.25. The van der Waals surface area contributed by atoms with Gasteiger partial charge in [0.2, 0.25) is 0 Å². The molecule has 0 aliphatic heterocycles. The standard InChI is InChI=1S/C8H13FO4.C8H14O4/c1-4-12-6(10)8(3,9)7(11)13-5-2;1-4-11-7(9)6(3)8(10)12-5-2/h4-5H2,1-3H3;6H,4-5H2,1-3H3. The third kappa shape index (κ3) is 9.63. The molecular weight excluding hydrogens is 339 g/mol. The molecule has 0 unspecified atom stereocenters. The Bertz CT molecular complexity index is 409. The van der Waals surface area contributed by atoms with E-state index >= 15 is 0 Å². The van der Waals surface area contributed by atoms with E-state index in [9.17, 15) is 23.6 Å². The highest BCUT2D eigenvalue weighted by Gasteiger charge is 2.44. The molecule has 9 heteroatoms. The predicted molar refractivity (Wildman–Crippen MR) is 85.2 cm³/mol. The van der Waals surface area contributed by atoms with Gasteiger partial charge in [0.05, 0.1) is 26.4 Å². The van der Waals surface area contributed by atoms with Gasteiger partial charge in [-0.05, 0) is 41.5 Å². The van der Waals surface area contributed by atoms with Gasteiger partial charge in [0.15, 0.2) is 5.92 Å². The molecule has 146 valence electrons. The van der Waals surface area contributed by atoms with Crippen LogP contribution in [-0.4, -0.2) is 56.0 Å². The molecular formula is C16H27FO8. The molecule has 0 radical (unpaired) electrons. The summed E-state index contributed by atoms with van der Waals surface area (Å²) in [4.78, 5) is 43.6. The molecule has 0 amide bonds. The van der Waals surface area contributed by atoms with E-state index < -0.39 is 35.5 Å². The summed E-state index contributed by atoms with van der Waals surface area (Å²) in [6.45, 7) is 9.34. The molecule has 0 aromatic heterocycles. The van der Waals surface area contributed by atoms with Crippen molar-refractivity contribution in [2.24, 2.45) is 5.92 Å². The van der Waals surface area contributed by atoms with Crippen molar-refractivity contribution in [3.05, 3.63) is 0 Å². The SMILES string of the molecule is CCOC(=O)C(C)(F)C(=O)OCC.CCOC(=O)C(C)C(=O)OCC. The minimum absolute atomic E-state index is 0.0255. The molecule has 8 nitrogen and oxygen atoms in total. The van der Waals surface area contributed by atoms with Gasteiger partial charge in [-0.1, -0.05) is 0 Å². The van der Waals surface area contributed by atoms with Gasteiger partial charge >= 0.3 is 23.9 Å². The fourth-order valence-electron chi connectivity index (χ4n) is 1.25. The van der Waals surface area contributed by atoms with Crippen LogP contribution in [-0.2, 0) is 38.1 Å². The first kappa shape index (κ1) is 25.1. The third-order valence-corrected chi connectivity index (χ3v) is 2.60. The molecule has 0 heterocycles. The smallest absolute Gasteiger partial charge is 0.355 e. The highest BCUT2D eigenvalue weighted by Crippen LogP contribution is 2.14. The molecule has 0 bridgehead atoms. The highest BCUT2D eigenvalue weighted by molar-refractivity contribution is 6.02. The van der Waals surface area contributed by atoms with Crippen molar-refractivity contribution in [2.75, 3.05) is 26.4 Å². The third-order valence-electron chi connectivity index (χ3n) is 2.60. The number of carbonyl (C=O) groups excluding carboxylic acids is 4. The van der Waals surface area contributed by atoms with Crippen LogP contribution >= 0.6 is 0 Å². The predicted octanol–water partition coefficient (Wildman–Crippen LogP) is 1.59. The number of rotatable bonds is 8. The number of alkyl halides is 1. The average Bonchev–Trinajstić information content (AvgIpc) is 2.55. The van der Waals surface area contributed by atoms with E-state index in [0.717, 1.165) is 6.92 Å². The average molecular weight is 366 g/mol. The molecule has 0 N–H and O–H groups in total. The molecule has 0 aliphatic carbocycles. The molecule has 0 saturated heterocycles. The van der Waals surface area contributed by atoms with Crippen LogP contribution in [0.25, 0.3) is 0 Å². The van der Waals surface area contributed by atoms with E-state index in [1.807, 2.05) is 0 Å². The van der Waals surface area contributed by atoms with E-state index in [2.05, 4.69) is 18.9 Å². The normalized spacial score (nSPS) is 10.2. The lowest BCUT2D eigenvalue weighted by Gasteiger charge is -2.15. The molecule has 0 atom stereocenters. The number of esters is 4. The summed E-state index contributed by atoms with van der Waals surface area (Å²) in [6.07, 6.45) is 0. The fraction of sp³-hybridized carbons (Fsp3) is 0.750.